The van der Waals surface area contributed by atoms with Crippen LogP contribution in [0, 0.1) is 0 Å². The first-order chi connectivity index (χ1) is 7.09. The predicted molar refractivity (Wildman–Crippen MR) is 62.0 cm³/mol. The van der Waals surface area contributed by atoms with Gasteiger partial charge in [-0.05, 0) is 26.2 Å². The summed E-state index contributed by atoms with van der Waals surface area (Å²) >= 11 is 0. The lowest BCUT2D eigenvalue weighted by Crippen LogP contribution is -2.48. The first-order valence-electron chi connectivity index (χ1n) is 6.07. The molecule has 0 radical (unpaired) electrons. The van der Waals surface area contributed by atoms with Gasteiger partial charge in [0.05, 0.1) is 11.7 Å². The van der Waals surface area contributed by atoms with Crippen LogP contribution in [-0.4, -0.2) is 36.5 Å². The third kappa shape index (κ3) is 4.09. The van der Waals surface area contributed by atoms with Crippen molar-refractivity contribution >= 4 is 0 Å². The average Bonchev–Trinajstić information content (AvgIpc) is 2.27. The van der Waals surface area contributed by atoms with Crippen LogP contribution in [-0.2, 0) is 4.74 Å². The van der Waals surface area contributed by atoms with Crippen LogP contribution in [0.4, 0.5) is 0 Å². The fraction of sp³-hybridized carbons (Fsp3) is 1.00. The molecule has 0 bridgehead atoms. The lowest BCUT2D eigenvalue weighted by Gasteiger charge is -2.33. The van der Waals surface area contributed by atoms with Gasteiger partial charge >= 0.3 is 0 Å². The second kappa shape index (κ2) is 5.83. The Balaban J connectivity index is 2.35. The van der Waals surface area contributed by atoms with Gasteiger partial charge in [-0.1, -0.05) is 19.8 Å². The Morgan fingerprint density at radius 3 is 2.67 bits per heavy atom. The van der Waals surface area contributed by atoms with E-state index in [0.717, 1.165) is 19.3 Å². The maximum absolute atomic E-state index is 9.91. The van der Waals surface area contributed by atoms with Gasteiger partial charge in [0.2, 0.25) is 0 Å². The molecule has 0 amide bonds. The first-order valence-corrected chi connectivity index (χ1v) is 6.07. The molecule has 15 heavy (non-hydrogen) atoms. The fourth-order valence-electron chi connectivity index (χ4n) is 2.09. The second-order valence-corrected chi connectivity index (χ2v) is 4.90. The molecule has 0 spiro atoms. The molecule has 0 aromatic rings. The van der Waals surface area contributed by atoms with Gasteiger partial charge in [0.15, 0.2) is 0 Å². The summed E-state index contributed by atoms with van der Waals surface area (Å²) in [6, 6.07) is 0.418. The van der Waals surface area contributed by atoms with E-state index >= 15 is 0 Å². The Hall–Kier alpha value is -0.120. The second-order valence-electron chi connectivity index (χ2n) is 4.90. The van der Waals surface area contributed by atoms with Crippen molar-refractivity contribution in [1.82, 2.24) is 5.32 Å². The van der Waals surface area contributed by atoms with Crippen LogP contribution in [0.25, 0.3) is 0 Å². The first kappa shape index (κ1) is 12.9. The van der Waals surface area contributed by atoms with E-state index in [-0.39, 0.29) is 0 Å². The van der Waals surface area contributed by atoms with Crippen LogP contribution in [0.15, 0.2) is 0 Å². The Kier molecular flexibility index (Phi) is 5.03. The average molecular weight is 215 g/mol. The highest BCUT2D eigenvalue weighted by atomic mass is 16.5. The zero-order chi connectivity index (χ0) is 11.3. The number of ether oxygens (including phenoxy) is 1. The minimum atomic E-state index is -0.588. The summed E-state index contributed by atoms with van der Waals surface area (Å²) in [5.41, 5.74) is -0.588. The Morgan fingerprint density at radius 2 is 2.07 bits per heavy atom. The van der Waals surface area contributed by atoms with Crippen molar-refractivity contribution in [2.45, 2.75) is 63.7 Å². The van der Waals surface area contributed by atoms with E-state index in [9.17, 15) is 5.11 Å². The van der Waals surface area contributed by atoms with E-state index < -0.39 is 5.60 Å². The molecule has 0 aromatic carbocycles. The predicted octanol–water partition coefficient (Wildman–Crippen LogP) is 1.69. The highest BCUT2D eigenvalue weighted by Gasteiger charge is 2.27. The van der Waals surface area contributed by atoms with Gasteiger partial charge in [-0.15, -0.1) is 0 Å². The molecule has 1 fully saturated rings. The van der Waals surface area contributed by atoms with Gasteiger partial charge in [-0.3, -0.25) is 0 Å². The third-order valence-electron chi connectivity index (χ3n) is 3.51. The molecule has 1 saturated carbocycles. The summed E-state index contributed by atoms with van der Waals surface area (Å²) in [4.78, 5) is 0. The number of nitrogens with one attached hydrogen (secondary N) is 1. The van der Waals surface area contributed by atoms with Gasteiger partial charge in [-0.2, -0.15) is 0 Å². The highest BCUT2D eigenvalue weighted by Crippen LogP contribution is 2.21. The molecule has 3 unspecified atom stereocenters. The van der Waals surface area contributed by atoms with Gasteiger partial charge < -0.3 is 15.2 Å². The van der Waals surface area contributed by atoms with Crippen LogP contribution >= 0.6 is 0 Å². The molecule has 2 N–H and O–H groups in total. The molecule has 0 aliphatic heterocycles. The van der Waals surface area contributed by atoms with E-state index in [1.54, 1.807) is 7.11 Å². The molecule has 3 heteroatoms. The molecule has 1 aliphatic rings. The van der Waals surface area contributed by atoms with Crippen molar-refractivity contribution in [3.8, 4) is 0 Å². The summed E-state index contributed by atoms with van der Waals surface area (Å²) < 4.78 is 5.46. The van der Waals surface area contributed by atoms with Crippen LogP contribution in [0.2, 0.25) is 0 Å². The highest BCUT2D eigenvalue weighted by molar-refractivity contribution is 4.84. The SMILES string of the molecule is CCC(C)(O)CNC1CCCCC1OC. The van der Waals surface area contributed by atoms with E-state index in [0.29, 0.717) is 18.7 Å². The van der Waals surface area contributed by atoms with Gasteiger partial charge in [-0.25, -0.2) is 0 Å². The largest absolute Gasteiger partial charge is 0.389 e. The molecule has 1 rings (SSSR count). The van der Waals surface area contributed by atoms with Crippen molar-refractivity contribution in [2.75, 3.05) is 13.7 Å². The van der Waals surface area contributed by atoms with Crippen molar-refractivity contribution in [1.29, 1.82) is 0 Å². The minimum absolute atomic E-state index is 0.325. The summed E-state index contributed by atoms with van der Waals surface area (Å²) in [7, 11) is 1.78. The van der Waals surface area contributed by atoms with Crippen molar-refractivity contribution in [3.63, 3.8) is 0 Å². The van der Waals surface area contributed by atoms with E-state index in [1.807, 2.05) is 13.8 Å². The standard InChI is InChI=1S/C12H25NO2/c1-4-12(2,14)9-13-10-7-5-6-8-11(10)15-3/h10-11,13-14H,4-9H2,1-3H3. The van der Waals surface area contributed by atoms with Crippen LogP contribution < -0.4 is 5.32 Å². The monoisotopic (exact) mass is 215 g/mol. The van der Waals surface area contributed by atoms with Gasteiger partial charge in [0, 0.05) is 19.7 Å². The molecule has 0 saturated heterocycles. The lowest BCUT2D eigenvalue weighted by atomic mass is 9.91. The normalized spacial score (nSPS) is 31.2. The lowest BCUT2D eigenvalue weighted by molar-refractivity contribution is 0.0170. The molecule has 0 aromatic heterocycles. The molecule has 3 atom stereocenters. The van der Waals surface area contributed by atoms with Crippen LogP contribution in [0.5, 0.6) is 0 Å². The number of hydrogen-bond acceptors (Lipinski definition) is 3. The molecule has 0 heterocycles. The summed E-state index contributed by atoms with van der Waals surface area (Å²) in [5.74, 6) is 0. The maximum Gasteiger partial charge on any atom is 0.0741 e. The molecule has 3 nitrogen and oxygen atoms in total. The topological polar surface area (TPSA) is 41.5 Å². The number of hydrogen-bond donors (Lipinski definition) is 2. The molecule has 1 aliphatic carbocycles. The van der Waals surface area contributed by atoms with Gasteiger partial charge in [0.25, 0.3) is 0 Å². The Morgan fingerprint density at radius 1 is 1.40 bits per heavy atom. The maximum atomic E-state index is 9.91. The molecule has 90 valence electrons. The zero-order valence-corrected chi connectivity index (χ0v) is 10.3. The quantitative estimate of drug-likeness (QED) is 0.733. The Bertz CT molecular complexity index is 182. The van der Waals surface area contributed by atoms with Crippen molar-refractivity contribution in [2.24, 2.45) is 0 Å². The molecular weight excluding hydrogens is 190 g/mol. The summed E-state index contributed by atoms with van der Waals surface area (Å²) in [6.45, 7) is 4.55. The van der Waals surface area contributed by atoms with Crippen molar-refractivity contribution in [3.05, 3.63) is 0 Å². The zero-order valence-electron chi connectivity index (χ0n) is 10.3. The number of rotatable bonds is 5. The summed E-state index contributed by atoms with van der Waals surface area (Å²) in [6.07, 6.45) is 5.95. The summed E-state index contributed by atoms with van der Waals surface area (Å²) in [5, 5.41) is 13.3. The molecular formula is C12H25NO2. The van der Waals surface area contributed by atoms with Crippen LogP contribution in [0.3, 0.4) is 0 Å². The van der Waals surface area contributed by atoms with Gasteiger partial charge in [0.1, 0.15) is 0 Å². The van der Waals surface area contributed by atoms with E-state index in [1.165, 1.54) is 12.8 Å². The third-order valence-corrected chi connectivity index (χ3v) is 3.51. The van der Waals surface area contributed by atoms with Crippen LogP contribution in [0.1, 0.15) is 46.0 Å². The minimum Gasteiger partial charge on any atom is -0.389 e. The smallest absolute Gasteiger partial charge is 0.0741 e. The van der Waals surface area contributed by atoms with Crippen molar-refractivity contribution < 1.29 is 9.84 Å². The number of aliphatic hydroxyl groups is 1. The Labute approximate surface area is 93.2 Å². The fourth-order valence-corrected chi connectivity index (χ4v) is 2.09. The van der Waals surface area contributed by atoms with E-state index in [2.05, 4.69) is 5.32 Å². The van der Waals surface area contributed by atoms with E-state index in [4.69, 9.17) is 4.74 Å². The number of methoxy groups -OCH3 is 1.